The van der Waals surface area contributed by atoms with Gasteiger partial charge >= 0.3 is 5.97 Å². The normalized spacial score (nSPS) is 14.0. The molecule has 0 spiro atoms. The summed E-state index contributed by atoms with van der Waals surface area (Å²) in [6, 6.07) is 4.85. The number of nitrogens with zero attached hydrogens (tertiary/aromatic N) is 3. The predicted octanol–water partition coefficient (Wildman–Crippen LogP) is 2.52. The highest BCUT2D eigenvalue weighted by Gasteiger charge is 2.25. The van der Waals surface area contributed by atoms with Crippen LogP contribution in [-0.4, -0.2) is 32.2 Å². The number of hydrogen-bond acceptors (Lipinski definition) is 6. The third-order valence-electron chi connectivity index (χ3n) is 5.07. The van der Waals surface area contributed by atoms with Gasteiger partial charge in [0.1, 0.15) is 12.9 Å². The SMILES string of the molecule is Cc1cn(-c2ncc(CNCC(O)c3ccc4c(c3C)COC4=O)cc2F)cn1. The van der Waals surface area contributed by atoms with Crippen molar-refractivity contribution in [2.24, 2.45) is 0 Å². The second-order valence-corrected chi connectivity index (χ2v) is 7.10. The topological polar surface area (TPSA) is 89.3 Å². The number of carbonyl (C=O) groups excluding carboxylic acids is 1. The molecule has 3 aromatic rings. The van der Waals surface area contributed by atoms with E-state index in [-0.39, 0.29) is 24.9 Å². The van der Waals surface area contributed by atoms with Crippen LogP contribution in [0, 0.1) is 19.7 Å². The first-order valence-corrected chi connectivity index (χ1v) is 9.27. The molecule has 0 radical (unpaired) electrons. The number of cyclic esters (lactones) is 1. The van der Waals surface area contributed by atoms with Crippen molar-refractivity contribution in [3.63, 3.8) is 0 Å². The summed E-state index contributed by atoms with van der Waals surface area (Å²) in [5.41, 5.74) is 4.42. The Hall–Kier alpha value is -3.10. The van der Waals surface area contributed by atoms with Gasteiger partial charge in [-0.05, 0) is 42.7 Å². The van der Waals surface area contributed by atoms with E-state index in [1.807, 2.05) is 13.8 Å². The van der Waals surface area contributed by atoms with Crippen molar-refractivity contribution in [1.82, 2.24) is 19.9 Å². The largest absolute Gasteiger partial charge is 0.457 e. The third-order valence-corrected chi connectivity index (χ3v) is 5.07. The molecule has 0 saturated heterocycles. The number of benzene rings is 1. The van der Waals surface area contributed by atoms with Gasteiger partial charge < -0.3 is 15.2 Å². The zero-order valence-electron chi connectivity index (χ0n) is 16.1. The quantitative estimate of drug-likeness (QED) is 0.623. The number of aromatic nitrogens is 3. The van der Waals surface area contributed by atoms with Gasteiger partial charge in [-0.1, -0.05) is 6.07 Å². The summed E-state index contributed by atoms with van der Waals surface area (Å²) < 4.78 is 21.0. The van der Waals surface area contributed by atoms with Crippen LogP contribution in [0.3, 0.4) is 0 Å². The highest BCUT2D eigenvalue weighted by atomic mass is 19.1. The van der Waals surface area contributed by atoms with Crippen molar-refractivity contribution < 1.29 is 19.0 Å². The summed E-state index contributed by atoms with van der Waals surface area (Å²) >= 11 is 0. The summed E-state index contributed by atoms with van der Waals surface area (Å²) in [5.74, 6) is -0.576. The Morgan fingerprint density at radius 2 is 2.17 bits per heavy atom. The van der Waals surface area contributed by atoms with Crippen LogP contribution in [0.15, 0.2) is 36.9 Å². The molecule has 0 amide bonds. The molecule has 7 nitrogen and oxygen atoms in total. The van der Waals surface area contributed by atoms with E-state index in [1.165, 1.54) is 17.0 Å². The van der Waals surface area contributed by atoms with E-state index >= 15 is 0 Å². The molecule has 3 heterocycles. The molecule has 29 heavy (non-hydrogen) atoms. The standard InChI is InChI=1S/C21H21FN4O3/c1-12-9-26(11-25-12)20-18(22)5-14(7-24-20)6-23-8-19(27)15-3-4-16-17(13(15)2)10-29-21(16)28/h3-5,7,9,11,19,23,27H,6,8,10H2,1-2H3. The van der Waals surface area contributed by atoms with Crippen LogP contribution in [0.5, 0.6) is 0 Å². The molecule has 0 fully saturated rings. The number of aliphatic hydroxyl groups excluding tert-OH is 1. The molecule has 2 N–H and O–H groups in total. The fourth-order valence-electron chi connectivity index (χ4n) is 3.49. The average molecular weight is 396 g/mol. The Morgan fingerprint density at radius 3 is 2.90 bits per heavy atom. The van der Waals surface area contributed by atoms with Gasteiger partial charge in [-0.25, -0.2) is 19.2 Å². The number of halogens is 1. The zero-order chi connectivity index (χ0) is 20.5. The molecule has 0 bridgehead atoms. The zero-order valence-corrected chi connectivity index (χ0v) is 16.1. The number of aryl methyl sites for hydroxylation is 1. The molecule has 1 aliphatic heterocycles. The monoisotopic (exact) mass is 396 g/mol. The number of imidazole rings is 1. The second-order valence-electron chi connectivity index (χ2n) is 7.10. The smallest absolute Gasteiger partial charge is 0.338 e. The first-order chi connectivity index (χ1) is 13.9. The number of aliphatic hydroxyl groups is 1. The molecular formula is C21H21FN4O3. The highest BCUT2D eigenvalue weighted by molar-refractivity contribution is 5.93. The number of esters is 1. The van der Waals surface area contributed by atoms with Gasteiger partial charge in [0.25, 0.3) is 0 Å². The highest BCUT2D eigenvalue weighted by Crippen LogP contribution is 2.28. The average Bonchev–Trinajstić information content (AvgIpc) is 3.28. The Balaban J connectivity index is 1.39. The molecule has 8 heteroatoms. The number of ether oxygens (including phenoxy) is 1. The van der Waals surface area contributed by atoms with Gasteiger partial charge in [0.15, 0.2) is 11.6 Å². The van der Waals surface area contributed by atoms with Crippen LogP contribution in [0.2, 0.25) is 0 Å². The molecular weight excluding hydrogens is 375 g/mol. The fraction of sp³-hybridized carbons (Fsp3) is 0.286. The third kappa shape index (κ3) is 3.76. The summed E-state index contributed by atoms with van der Waals surface area (Å²) in [6.45, 7) is 4.57. The van der Waals surface area contributed by atoms with E-state index in [2.05, 4.69) is 15.3 Å². The minimum Gasteiger partial charge on any atom is -0.457 e. The number of rotatable bonds is 6. The Bertz CT molecular complexity index is 1080. The van der Waals surface area contributed by atoms with Crippen molar-refractivity contribution in [3.05, 3.63) is 76.2 Å². The van der Waals surface area contributed by atoms with Crippen LogP contribution in [-0.2, 0) is 17.9 Å². The van der Waals surface area contributed by atoms with Crippen LogP contribution in [0.25, 0.3) is 5.82 Å². The maximum atomic E-state index is 14.4. The van der Waals surface area contributed by atoms with Gasteiger partial charge in [0, 0.05) is 31.0 Å². The van der Waals surface area contributed by atoms with E-state index < -0.39 is 11.9 Å². The maximum Gasteiger partial charge on any atom is 0.338 e. The van der Waals surface area contributed by atoms with Crippen LogP contribution in [0.1, 0.15) is 44.4 Å². The van der Waals surface area contributed by atoms with Crippen LogP contribution < -0.4 is 5.32 Å². The lowest BCUT2D eigenvalue weighted by atomic mass is 9.95. The van der Waals surface area contributed by atoms with E-state index in [0.717, 1.165) is 22.4 Å². The molecule has 1 aromatic carbocycles. The van der Waals surface area contributed by atoms with E-state index in [9.17, 15) is 14.3 Å². The van der Waals surface area contributed by atoms with Crippen molar-refractivity contribution in [2.75, 3.05) is 6.54 Å². The van der Waals surface area contributed by atoms with E-state index in [1.54, 1.807) is 24.5 Å². The number of hydrogen-bond donors (Lipinski definition) is 2. The second kappa shape index (κ2) is 7.73. The minimum absolute atomic E-state index is 0.194. The first kappa shape index (κ1) is 19.2. The molecule has 1 aliphatic rings. The van der Waals surface area contributed by atoms with Crippen molar-refractivity contribution in [3.8, 4) is 5.82 Å². The molecule has 150 valence electrons. The molecule has 2 aromatic heterocycles. The van der Waals surface area contributed by atoms with Crippen molar-refractivity contribution in [1.29, 1.82) is 0 Å². The number of pyridine rings is 1. The van der Waals surface area contributed by atoms with Crippen molar-refractivity contribution >= 4 is 5.97 Å². The summed E-state index contributed by atoms with van der Waals surface area (Å²) in [7, 11) is 0. The van der Waals surface area contributed by atoms with Gasteiger partial charge in [0.2, 0.25) is 0 Å². The summed E-state index contributed by atoms with van der Waals surface area (Å²) in [5, 5.41) is 13.7. The molecule has 1 unspecified atom stereocenters. The van der Waals surface area contributed by atoms with Crippen LogP contribution in [0.4, 0.5) is 4.39 Å². The summed E-state index contributed by atoms with van der Waals surface area (Å²) in [6.07, 6.45) is 4.06. The lowest BCUT2D eigenvalue weighted by molar-refractivity contribution is 0.0535. The van der Waals surface area contributed by atoms with Gasteiger partial charge in [-0.2, -0.15) is 0 Å². The van der Waals surface area contributed by atoms with Gasteiger partial charge in [-0.3, -0.25) is 4.57 Å². The van der Waals surface area contributed by atoms with Crippen LogP contribution >= 0.6 is 0 Å². The summed E-state index contributed by atoms with van der Waals surface area (Å²) in [4.78, 5) is 19.9. The number of nitrogens with one attached hydrogen (secondary N) is 1. The first-order valence-electron chi connectivity index (χ1n) is 9.27. The van der Waals surface area contributed by atoms with Gasteiger partial charge in [-0.15, -0.1) is 0 Å². The number of carbonyl (C=O) groups is 1. The maximum absolute atomic E-state index is 14.4. The number of fused-ring (bicyclic) bond motifs is 1. The molecule has 4 rings (SSSR count). The molecule has 1 atom stereocenters. The minimum atomic E-state index is -0.762. The Morgan fingerprint density at radius 1 is 1.34 bits per heavy atom. The van der Waals surface area contributed by atoms with E-state index in [4.69, 9.17) is 4.74 Å². The van der Waals surface area contributed by atoms with Gasteiger partial charge in [0.05, 0.1) is 17.4 Å². The van der Waals surface area contributed by atoms with E-state index in [0.29, 0.717) is 17.7 Å². The Kier molecular flexibility index (Phi) is 5.12. The molecule has 0 saturated carbocycles. The lowest BCUT2D eigenvalue weighted by Crippen LogP contribution is -2.22. The Labute approximate surface area is 167 Å². The van der Waals surface area contributed by atoms with Crippen molar-refractivity contribution in [2.45, 2.75) is 33.1 Å². The predicted molar refractivity (Wildman–Crippen MR) is 103 cm³/mol. The molecule has 0 aliphatic carbocycles. The lowest BCUT2D eigenvalue weighted by Gasteiger charge is -2.16. The fourth-order valence-corrected chi connectivity index (χ4v) is 3.49.